The van der Waals surface area contributed by atoms with Crippen LogP contribution in [0, 0.1) is 11.3 Å². The van der Waals surface area contributed by atoms with Gasteiger partial charge >= 0.3 is 0 Å². The van der Waals surface area contributed by atoms with Crippen molar-refractivity contribution >= 4 is 19.0 Å². The third-order valence-electron chi connectivity index (χ3n) is 5.16. The van der Waals surface area contributed by atoms with Crippen molar-refractivity contribution in [2.24, 2.45) is 16.5 Å². The molecule has 0 unspecified atom stereocenters. The van der Waals surface area contributed by atoms with Gasteiger partial charge in [-0.1, -0.05) is 94.5 Å². The Hall–Kier alpha value is -1.35. The summed E-state index contributed by atoms with van der Waals surface area (Å²) in [6, 6.07) is 11.0. The maximum Gasteiger partial charge on any atom is 0.151 e. The van der Waals surface area contributed by atoms with Crippen molar-refractivity contribution in [3.05, 3.63) is 42.5 Å². The fraction of sp³-hybridized carbons (Fsp3) is 0.571. The average molecular weight is 344 g/mol. The monoisotopic (exact) mass is 343 g/mol. The van der Waals surface area contributed by atoms with Gasteiger partial charge in [-0.25, -0.2) is 0 Å². The third-order valence-corrected chi connectivity index (χ3v) is 9.51. The van der Waals surface area contributed by atoms with Gasteiger partial charge in [0, 0.05) is 11.8 Å². The second kappa shape index (κ2) is 7.26. The number of oxime groups is 1. The molecule has 0 aromatic heterocycles. The molecule has 1 aromatic rings. The predicted octanol–water partition coefficient (Wildman–Crippen LogP) is 5.38. The summed E-state index contributed by atoms with van der Waals surface area (Å²) in [6.45, 7) is 16.2. The standard InChI is InChI=1S/C21H33NOSi/c1-16(2)19(24(6,7)18-11-9-8-10-12-18)14-13-17-15-20(22-23-17)21(3,4)5/h8-14,16-17,19H,15H2,1-7H3/b14-13-/t17-,19+/m1/s1. The van der Waals surface area contributed by atoms with Crippen LogP contribution < -0.4 is 5.19 Å². The van der Waals surface area contributed by atoms with Crippen molar-refractivity contribution in [2.45, 2.75) is 65.8 Å². The number of hydrogen-bond acceptors (Lipinski definition) is 2. The van der Waals surface area contributed by atoms with E-state index in [1.807, 2.05) is 0 Å². The van der Waals surface area contributed by atoms with E-state index in [9.17, 15) is 0 Å². The van der Waals surface area contributed by atoms with Crippen molar-refractivity contribution in [2.75, 3.05) is 0 Å². The minimum atomic E-state index is -1.58. The Labute approximate surface area is 149 Å². The Bertz CT molecular complexity index is 596. The summed E-state index contributed by atoms with van der Waals surface area (Å²) in [7, 11) is -1.58. The first-order valence-electron chi connectivity index (χ1n) is 9.09. The molecular formula is C21H33NOSi. The topological polar surface area (TPSA) is 21.6 Å². The lowest BCUT2D eigenvalue weighted by atomic mass is 9.87. The summed E-state index contributed by atoms with van der Waals surface area (Å²) in [6.07, 6.45) is 5.68. The van der Waals surface area contributed by atoms with E-state index < -0.39 is 8.07 Å². The van der Waals surface area contributed by atoms with Crippen molar-refractivity contribution in [1.29, 1.82) is 0 Å². The molecule has 2 atom stereocenters. The molecule has 0 N–H and O–H groups in total. The fourth-order valence-corrected chi connectivity index (χ4v) is 7.24. The second-order valence-corrected chi connectivity index (χ2v) is 13.6. The first kappa shape index (κ1) is 19.0. The zero-order valence-electron chi connectivity index (χ0n) is 16.3. The minimum absolute atomic E-state index is 0.0953. The molecule has 0 saturated heterocycles. The lowest BCUT2D eigenvalue weighted by molar-refractivity contribution is 0.119. The quantitative estimate of drug-likeness (QED) is 0.520. The Morgan fingerprint density at radius 2 is 1.79 bits per heavy atom. The molecule has 0 amide bonds. The molecule has 0 fully saturated rings. The first-order chi connectivity index (χ1) is 11.1. The molecule has 0 bridgehead atoms. The van der Waals surface area contributed by atoms with Gasteiger partial charge in [0.05, 0.1) is 13.8 Å². The number of hydrogen-bond donors (Lipinski definition) is 0. The Balaban J connectivity index is 2.13. The molecule has 132 valence electrons. The van der Waals surface area contributed by atoms with E-state index >= 15 is 0 Å². The van der Waals surface area contributed by atoms with Crippen molar-refractivity contribution < 1.29 is 4.84 Å². The van der Waals surface area contributed by atoms with Crippen LogP contribution in [0.25, 0.3) is 0 Å². The summed E-state index contributed by atoms with van der Waals surface area (Å²) in [5.41, 5.74) is 1.85. The zero-order chi connectivity index (χ0) is 18.0. The summed E-state index contributed by atoms with van der Waals surface area (Å²) in [5.74, 6) is 0.618. The molecule has 2 nitrogen and oxygen atoms in total. The Kier molecular flexibility index (Phi) is 5.74. The first-order valence-corrected chi connectivity index (χ1v) is 12.2. The summed E-state index contributed by atoms with van der Waals surface area (Å²) < 4.78 is 0. The molecule has 2 rings (SSSR count). The van der Waals surface area contributed by atoms with Crippen molar-refractivity contribution in [3.63, 3.8) is 0 Å². The number of benzene rings is 1. The van der Waals surface area contributed by atoms with Crippen LogP contribution in [0.2, 0.25) is 18.6 Å². The second-order valence-electron chi connectivity index (χ2n) is 8.88. The molecule has 1 aromatic carbocycles. The largest absolute Gasteiger partial charge is 0.388 e. The van der Waals surface area contributed by atoms with Gasteiger partial charge < -0.3 is 4.84 Å². The summed E-state index contributed by atoms with van der Waals surface area (Å²) in [5, 5.41) is 5.83. The molecule has 3 heteroatoms. The fourth-order valence-electron chi connectivity index (χ4n) is 3.54. The number of nitrogens with zero attached hydrogens (tertiary/aromatic N) is 1. The molecule has 24 heavy (non-hydrogen) atoms. The highest BCUT2D eigenvalue weighted by atomic mass is 28.3. The van der Waals surface area contributed by atoms with Crippen LogP contribution in [-0.2, 0) is 4.84 Å². The Morgan fingerprint density at radius 1 is 1.17 bits per heavy atom. The van der Waals surface area contributed by atoms with Crippen LogP contribution in [0.5, 0.6) is 0 Å². The highest BCUT2D eigenvalue weighted by molar-refractivity contribution is 6.91. The van der Waals surface area contributed by atoms with E-state index in [0.29, 0.717) is 11.5 Å². The maximum atomic E-state index is 5.66. The van der Waals surface area contributed by atoms with E-state index in [-0.39, 0.29) is 11.5 Å². The van der Waals surface area contributed by atoms with E-state index in [1.54, 1.807) is 0 Å². The van der Waals surface area contributed by atoms with E-state index in [0.717, 1.165) is 12.1 Å². The van der Waals surface area contributed by atoms with Gasteiger partial charge in [0.25, 0.3) is 0 Å². The predicted molar refractivity (Wildman–Crippen MR) is 108 cm³/mol. The lowest BCUT2D eigenvalue weighted by Gasteiger charge is -2.34. The average Bonchev–Trinajstić information content (AvgIpc) is 2.97. The van der Waals surface area contributed by atoms with Gasteiger partial charge in [-0.3, -0.25) is 0 Å². The smallest absolute Gasteiger partial charge is 0.151 e. The van der Waals surface area contributed by atoms with Crippen LogP contribution in [0.3, 0.4) is 0 Å². The third kappa shape index (κ3) is 4.38. The van der Waals surface area contributed by atoms with Gasteiger partial charge in [-0.15, -0.1) is 0 Å². The van der Waals surface area contributed by atoms with Gasteiger partial charge in [0.1, 0.15) is 0 Å². The summed E-state index contributed by atoms with van der Waals surface area (Å²) in [4.78, 5) is 5.66. The van der Waals surface area contributed by atoms with Gasteiger partial charge in [-0.2, -0.15) is 0 Å². The summed E-state index contributed by atoms with van der Waals surface area (Å²) >= 11 is 0. The number of rotatable bonds is 5. The minimum Gasteiger partial charge on any atom is -0.388 e. The van der Waals surface area contributed by atoms with E-state index in [4.69, 9.17) is 4.84 Å². The van der Waals surface area contributed by atoms with Crippen molar-refractivity contribution in [1.82, 2.24) is 0 Å². The van der Waals surface area contributed by atoms with Gasteiger partial charge in [0.2, 0.25) is 0 Å². The van der Waals surface area contributed by atoms with Gasteiger partial charge in [-0.05, 0) is 17.5 Å². The molecular weight excluding hydrogens is 310 g/mol. The SMILES string of the molecule is CC(C)[C@H](/C=C\[C@@H]1CC(C(C)(C)C)=NO1)[Si](C)(C)c1ccccc1. The maximum absolute atomic E-state index is 5.66. The molecule has 0 radical (unpaired) electrons. The van der Waals surface area contributed by atoms with Crippen molar-refractivity contribution in [3.8, 4) is 0 Å². The van der Waals surface area contributed by atoms with Crippen LogP contribution in [0.4, 0.5) is 0 Å². The molecule has 1 heterocycles. The molecule has 0 aliphatic carbocycles. The zero-order valence-corrected chi connectivity index (χ0v) is 17.3. The van der Waals surface area contributed by atoms with Crippen LogP contribution in [-0.4, -0.2) is 19.9 Å². The van der Waals surface area contributed by atoms with Gasteiger partial charge in [0.15, 0.2) is 6.10 Å². The highest BCUT2D eigenvalue weighted by Gasteiger charge is 2.34. The normalized spacial score (nSPS) is 20.3. The van der Waals surface area contributed by atoms with Crippen LogP contribution in [0.15, 0.2) is 47.6 Å². The van der Waals surface area contributed by atoms with Crippen LogP contribution >= 0.6 is 0 Å². The molecule has 0 saturated carbocycles. The molecule has 0 spiro atoms. The number of allylic oxidation sites excluding steroid dienone is 1. The Morgan fingerprint density at radius 3 is 2.29 bits per heavy atom. The molecule has 1 aliphatic heterocycles. The molecule has 1 aliphatic rings. The van der Waals surface area contributed by atoms with E-state index in [1.165, 1.54) is 5.19 Å². The van der Waals surface area contributed by atoms with E-state index in [2.05, 4.69) is 95.4 Å². The lowest BCUT2D eigenvalue weighted by Crippen LogP contribution is -2.47. The van der Waals surface area contributed by atoms with Crippen LogP contribution in [0.1, 0.15) is 41.0 Å². The highest BCUT2D eigenvalue weighted by Crippen LogP contribution is 2.32.